The predicted molar refractivity (Wildman–Crippen MR) is 329 cm³/mol. The summed E-state index contributed by atoms with van der Waals surface area (Å²) in [5.41, 5.74) is 0.342. The minimum absolute atomic E-state index is 0.00996. The number of carbonyl (C=O) groups is 1. The van der Waals surface area contributed by atoms with E-state index in [9.17, 15) is 74.8 Å². The molecule has 26 nitrogen and oxygen atoms in total. The first-order chi connectivity index (χ1) is 41.9. The molecule has 0 spiro atoms. The summed E-state index contributed by atoms with van der Waals surface area (Å²) >= 11 is 0. The topological polar surface area (TPSA) is 380 Å². The Morgan fingerprint density at radius 2 is 1.02 bits per heavy atom. The minimum Gasteiger partial charge on any atom is -0.481 e. The highest BCUT2D eigenvalue weighted by Crippen LogP contribution is 2.54. The molecule has 6 N–H and O–H groups in total. The standard InChI is InChI=1S/C58H76N2O24S5/c1-57(21-13-37-85(63,64)65)52(60(24-26-81-32-34-82-29-27-78-3)49-20-18-44-46(55(49)57)38-42(86(66,67)68)40-50(44)88(72,73)74)14-9-6-5-7-10-15-53-58(2,22-25-80-31-33-84-36-35-83-30-28-79-4)56-47-39-43(87(69,70)71)41-51(89(75,76)77)45(47)17-19-48(56)59(53)23-12-8-11-16-54(61)62/h5-7,9-10,14-15,17-20,38-41H,8,11-13,16,21-37H2,1-4H3,(H5-,61,62,63,64,65,66,67,68,69,70,71,72,73,74,75,76,77)/p+1. The number of anilines is 1. The Labute approximate surface area is 519 Å². The summed E-state index contributed by atoms with van der Waals surface area (Å²) in [6.45, 7) is 7.03. The van der Waals surface area contributed by atoms with Crippen molar-refractivity contribution in [1.29, 1.82) is 0 Å². The molecule has 31 heteroatoms. The predicted octanol–water partition coefficient (Wildman–Crippen LogP) is 6.75. The summed E-state index contributed by atoms with van der Waals surface area (Å²) in [6, 6.07) is 9.50. The first kappa shape index (κ1) is 72.6. The van der Waals surface area contributed by atoms with E-state index in [0.717, 1.165) is 12.1 Å². The van der Waals surface area contributed by atoms with E-state index in [0.29, 0.717) is 105 Å². The largest absolute Gasteiger partial charge is 0.481 e. The molecule has 6 rings (SSSR count). The van der Waals surface area contributed by atoms with Gasteiger partial charge in [-0.25, -0.2) is 0 Å². The molecule has 0 amide bonds. The summed E-state index contributed by atoms with van der Waals surface area (Å²) in [5, 5.41) is 9.31. The molecule has 2 unspecified atom stereocenters. The van der Waals surface area contributed by atoms with Gasteiger partial charge in [-0.1, -0.05) is 42.9 Å². The van der Waals surface area contributed by atoms with Crippen molar-refractivity contribution in [2.45, 2.75) is 89.2 Å². The monoisotopic (exact) mass is 1350 g/mol. The summed E-state index contributed by atoms with van der Waals surface area (Å²) < 4.78 is 219. The smallest absolute Gasteiger partial charge is 0.303 e. The molecule has 2 heterocycles. The van der Waals surface area contributed by atoms with Gasteiger partial charge in [0.2, 0.25) is 5.69 Å². The molecular weight excluding hydrogens is 1270 g/mol. The Morgan fingerprint density at radius 3 is 1.54 bits per heavy atom. The van der Waals surface area contributed by atoms with E-state index in [1.807, 2.05) is 16.4 Å². The lowest BCUT2D eigenvalue weighted by atomic mass is 9.74. The van der Waals surface area contributed by atoms with Crippen molar-refractivity contribution < 1.29 is 112 Å². The van der Waals surface area contributed by atoms with Crippen molar-refractivity contribution in [1.82, 2.24) is 0 Å². The molecule has 0 aliphatic carbocycles. The van der Waals surface area contributed by atoms with Crippen molar-refractivity contribution in [3.8, 4) is 0 Å². The molecule has 4 aromatic rings. The molecule has 2 atom stereocenters. The van der Waals surface area contributed by atoms with Crippen LogP contribution in [-0.4, -0.2) is 199 Å². The molecule has 0 radical (unpaired) electrons. The van der Waals surface area contributed by atoms with Crippen LogP contribution in [0.15, 0.2) is 116 Å². The van der Waals surface area contributed by atoms with Crippen molar-refractivity contribution in [3.63, 3.8) is 0 Å². The molecular formula is C58H77N2O24S5+. The Morgan fingerprint density at radius 1 is 0.528 bits per heavy atom. The van der Waals surface area contributed by atoms with Crippen LogP contribution in [0.5, 0.6) is 0 Å². The maximum absolute atomic E-state index is 12.9. The molecule has 0 aromatic heterocycles. The van der Waals surface area contributed by atoms with E-state index in [4.69, 9.17) is 33.2 Å². The Balaban J connectivity index is 1.45. The minimum atomic E-state index is -5.13. The van der Waals surface area contributed by atoms with Crippen LogP contribution in [0.2, 0.25) is 0 Å². The quantitative estimate of drug-likeness (QED) is 0.0116. The van der Waals surface area contributed by atoms with Crippen LogP contribution < -0.4 is 4.90 Å². The van der Waals surface area contributed by atoms with Crippen LogP contribution in [-0.2, 0) is 99.4 Å². The fourth-order valence-electron chi connectivity index (χ4n) is 11.1. The van der Waals surface area contributed by atoms with Crippen LogP contribution in [0.4, 0.5) is 11.4 Å². The number of benzene rings is 4. The average Bonchev–Trinajstić information content (AvgIpc) is 1.63. The molecule has 4 aromatic carbocycles. The van der Waals surface area contributed by atoms with Gasteiger partial charge in [0.25, 0.3) is 50.6 Å². The van der Waals surface area contributed by atoms with Crippen molar-refractivity contribution in [2.75, 3.05) is 117 Å². The van der Waals surface area contributed by atoms with Crippen LogP contribution in [0.25, 0.3) is 21.5 Å². The number of unbranched alkanes of at least 4 members (excludes halogenated alkanes) is 2. The molecule has 0 saturated carbocycles. The van der Waals surface area contributed by atoms with Gasteiger partial charge >= 0.3 is 5.97 Å². The van der Waals surface area contributed by atoms with E-state index in [1.165, 1.54) is 19.2 Å². The number of fused-ring (bicyclic) bond motifs is 6. The van der Waals surface area contributed by atoms with Gasteiger partial charge < -0.3 is 43.2 Å². The van der Waals surface area contributed by atoms with E-state index >= 15 is 0 Å². The molecule has 89 heavy (non-hydrogen) atoms. The first-order valence-corrected chi connectivity index (χ1v) is 35.6. The van der Waals surface area contributed by atoms with Gasteiger partial charge in [0, 0.05) is 79.1 Å². The molecule has 492 valence electrons. The zero-order chi connectivity index (χ0) is 65.4. The SMILES string of the molecule is COCCOCCOCCOCCC1(C)C(=CC=CC=CC=CC2=[N+](CCOCCOCCOC)c3ccc4c(S(=O)(=O)O)cc(S(=O)(=O)O)cc4c3C2(C)CCCS(=O)(=O)O)N(CCCCCC(=O)O)c2ccc3c(S(=O)(=O)O)cc(S(=O)(=O)O)cc3c21. The lowest BCUT2D eigenvalue weighted by Crippen LogP contribution is -2.33. The van der Waals surface area contributed by atoms with Gasteiger partial charge in [-0.15, -0.1) is 0 Å². The second kappa shape index (κ2) is 31.7. The molecule has 0 fully saturated rings. The lowest BCUT2D eigenvalue weighted by Gasteiger charge is -2.31. The third kappa shape index (κ3) is 19.3. The third-order valence-corrected chi connectivity index (χ3v) is 19.4. The zero-order valence-corrected chi connectivity index (χ0v) is 53.8. The molecule has 0 bridgehead atoms. The van der Waals surface area contributed by atoms with Crippen LogP contribution in [0, 0.1) is 0 Å². The highest BCUT2D eigenvalue weighted by molar-refractivity contribution is 7.87. The number of hydrogen-bond donors (Lipinski definition) is 6. The fraction of sp³-hybridized carbons (Fsp3) is 0.483. The zero-order valence-electron chi connectivity index (χ0n) is 49.7. The van der Waals surface area contributed by atoms with E-state index in [1.54, 1.807) is 68.7 Å². The van der Waals surface area contributed by atoms with Gasteiger partial charge in [0.05, 0.1) is 87.0 Å². The number of rotatable bonds is 39. The summed E-state index contributed by atoms with van der Waals surface area (Å²) in [6.07, 6.45) is 13.1. The number of allylic oxidation sites excluding steroid dienone is 8. The van der Waals surface area contributed by atoms with Crippen LogP contribution >= 0.6 is 0 Å². The van der Waals surface area contributed by atoms with Gasteiger partial charge in [-0.2, -0.15) is 46.7 Å². The van der Waals surface area contributed by atoms with Crippen LogP contribution in [0.1, 0.15) is 69.9 Å². The maximum atomic E-state index is 12.9. The first-order valence-electron chi connectivity index (χ1n) is 28.2. The number of hydrogen-bond acceptors (Lipinski definition) is 19. The van der Waals surface area contributed by atoms with Gasteiger partial charge in [-0.3, -0.25) is 27.6 Å². The number of aliphatic carboxylic acids is 1. The second-order valence-electron chi connectivity index (χ2n) is 21.3. The Bertz CT molecular complexity index is 3940. The normalized spacial score (nSPS) is 18.1. The summed E-state index contributed by atoms with van der Waals surface area (Å²) in [5.74, 6) is -1.65. The molecule has 2 aliphatic heterocycles. The molecule has 0 saturated heterocycles. The summed E-state index contributed by atoms with van der Waals surface area (Å²) in [7, 11) is -21.8. The van der Waals surface area contributed by atoms with Gasteiger partial charge in [-0.05, 0) is 105 Å². The van der Waals surface area contributed by atoms with E-state index < -0.39 is 92.7 Å². The van der Waals surface area contributed by atoms with Crippen molar-refractivity contribution in [3.05, 3.63) is 108 Å². The fourth-order valence-corrected chi connectivity index (χ4v) is 14.3. The number of carboxylic acid groups (broad SMARTS) is 1. The highest BCUT2D eigenvalue weighted by Gasteiger charge is 2.49. The number of ether oxygens (including phenoxy) is 7. The van der Waals surface area contributed by atoms with E-state index in [-0.39, 0.29) is 100 Å². The van der Waals surface area contributed by atoms with Gasteiger partial charge in [0.1, 0.15) is 16.4 Å². The van der Waals surface area contributed by atoms with Gasteiger partial charge in [0.15, 0.2) is 12.3 Å². The number of carboxylic acids is 1. The average molecular weight is 1350 g/mol. The highest BCUT2D eigenvalue weighted by atomic mass is 32.2. The Kier molecular flexibility index (Phi) is 25.9. The Hall–Kier alpha value is -5.43. The second-order valence-corrected chi connectivity index (χ2v) is 28.5. The van der Waals surface area contributed by atoms with E-state index in [2.05, 4.69) is 0 Å². The van der Waals surface area contributed by atoms with Crippen molar-refractivity contribution in [2.24, 2.45) is 0 Å². The molecule has 2 aliphatic rings. The van der Waals surface area contributed by atoms with Crippen molar-refractivity contribution >= 4 is 95.2 Å². The summed E-state index contributed by atoms with van der Waals surface area (Å²) in [4.78, 5) is 10.2. The number of methoxy groups -OCH3 is 2. The lowest BCUT2D eigenvalue weighted by molar-refractivity contribution is -0.442. The third-order valence-electron chi connectivity index (χ3n) is 15.1. The van der Waals surface area contributed by atoms with Crippen LogP contribution in [0.3, 0.4) is 0 Å². The number of nitrogens with zero attached hydrogens (tertiary/aromatic N) is 2. The maximum Gasteiger partial charge on any atom is 0.303 e.